The number of aryl methyl sites for hydroxylation is 2. The minimum absolute atomic E-state index is 0.596. The maximum Gasteiger partial charge on any atom is 0.159 e. The smallest absolute Gasteiger partial charge is 0.159 e. The van der Waals surface area contributed by atoms with Gasteiger partial charge in [-0.1, -0.05) is 29.8 Å². The van der Waals surface area contributed by atoms with Crippen LogP contribution in [0, 0.1) is 13.8 Å². The molecular weight excluding hydrogens is 224 g/mol. The van der Waals surface area contributed by atoms with Gasteiger partial charge in [-0.25, -0.2) is 9.97 Å². The Morgan fingerprint density at radius 1 is 1.17 bits per heavy atom. The Balaban J connectivity index is 2.25. The number of anilines is 1. The van der Waals surface area contributed by atoms with Crippen molar-refractivity contribution in [3.63, 3.8) is 0 Å². The van der Waals surface area contributed by atoms with E-state index in [0.29, 0.717) is 6.54 Å². The van der Waals surface area contributed by atoms with Crippen LogP contribution in [0.4, 0.5) is 5.69 Å². The number of rotatable bonds is 4. The molecule has 18 heavy (non-hydrogen) atoms. The number of nitrogens with zero attached hydrogens (tertiary/aromatic N) is 2. The van der Waals surface area contributed by atoms with Crippen molar-refractivity contribution in [1.29, 1.82) is 0 Å². The van der Waals surface area contributed by atoms with Gasteiger partial charge in [0.25, 0.3) is 0 Å². The second-order valence-electron chi connectivity index (χ2n) is 4.27. The van der Waals surface area contributed by atoms with Crippen molar-refractivity contribution in [3.8, 4) is 11.4 Å². The van der Waals surface area contributed by atoms with Crippen LogP contribution < -0.4 is 11.1 Å². The Bertz CT molecular complexity index is 520. The summed E-state index contributed by atoms with van der Waals surface area (Å²) < 4.78 is 0. The van der Waals surface area contributed by atoms with Gasteiger partial charge >= 0.3 is 0 Å². The van der Waals surface area contributed by atoms with Crippen LogP contribution >= 0.6 is 0 Å². The van der Waals surface area contributed by atoms with Gasteiger partial charge in [-0.15, -0.1) is 0 Å². The van der Waals surface area contributed by atoms with E-state index in [-0.39, 0.29) is 0 Å². The fourth-order valence-electron chi connectivity index (χ4n) is 1.69. The van der Waals surface area contributed by atoms with Gasteiger partial charge in [0, 0.05) is 18.7 Å². The van der Waals surface area contributed by atoms with E-state index in [0.717, 1.165) is 29.3 Å². The van der Waals surface area contributed by atoms with Gasteiger partial charge in [0.15, 0.2) is 5.82 Å². The fourth-order valence-corrected chi connectivity index (χ4v) is 1.69. The summed E-state index contributed by atoms with van der Waals surface area (Å²) in [5, 5.41) is 3.20. The lowest BCUT2D eigenvalue weighted by atomic mass is 10.1. The average molecular weight is 242 g/mol. The Morgan fingerprint density at radius 2 is 1.89 bits per heavy atom. The van der Waals surface area contributed by atoms with Crippen molar-refractivity contribution in [1.82, 2.24) is 9.97 Å². The first-order valence-corrected chi connectivity index (χ1v) is 6.05. The molecule has 0 amide bonds. The standard InChI is InChI=1S/C14H18N4/c1-10-3-5-12(6-4-10)14-17-9-13(11(2)18-14)16-8-7-15/h3-6,9,16H,7-8,15H2,1-2H3. The summed E-state index contributed by atoms with van der Waals surface area (Å²) in [5.74, 6) is 0.755. The van der Waals surface area contributed by atoms with Crippen molar-refractivity contribution in [2.24, 2.45) is 5.73 Å². The van der Waals surface area contributed by atoms with E-state index in [2.05, 4.69) is 34.3 Å². The molecule has 0 aliphatic carbocycles. The van der Waals surface area contributed by atoms with Crippen molar-refractivity contribution in [2.45, 2.75) is 13.8 Å². The van der Waals surface area contributed by atoms with Crippen LogP contribution in [-0.4, -0.2) is 23.1 Å². The third kappa shape index (κ3) is 2.84. The Labute approximate surface area is 107 Å². The summed E-state index contributed by atoms with van der Waals surface area (Å²) >= 11 is 0. The Hall–Kier alpha value is -1.94. The normalized spacial score (nSPS) is 10.4. The predicted molar refractivity (Wildman–Crippen MR) is 74.5 cm³/mol. The van der Waals surface area contributed by atoms with Crippen LogP contribution in [0.5, 0.6) is 0 Å². The molecule has 4 nitrogen and oxygen atoms in total. The zero-order chi connectivity index (χ0) is 13.0. The quantitative estimate of drug-likeness (QED) is 0.862. The fraction of sp³-hybridized carbons (Fsp3) is 0.286. The van der Waals surface area contributed by atoms with E-state index in [1.807, 2.05) is 25.3 Å². The number of aromatic nitrogens is 2. The summed E-state index contributed by atoms with van der Waals surface area (Å²) in [6.45, 7) is 5.36. The topological polar surface area (TPSA) is 63.8 Å². The summed E-state index contributed by atoms with van der Waals surface area (Å²) in [7, 11) is 0. The molecule has 1 aromatic carbocycles. The van der Waals surface area contributed by atoms with Gasteiger partial charge in [-0.05, 0) is 13.8 Å². The highest BCUT2D eigenvalue weighted by Gasteiger charge is 2.04. The highest BCUT2D eigenvalue weighted by Crippen LogP contribution is 2.18. The maximum absolute atomic E-state index is 5.46. The summed E-state index contributed by atoms with van der Waals surface area (Å²) in [6.07, 6.45) is 1.81. The molecule has 1 heterocycles. The van der Waals surface area contributed by atoms with Crippen LogP contribution in [0.2, 0.25) is 0 Å². The largest absolute Gasteiger partial charge is 0.381 e. The van der Waals surface area contributed by atoms with Crippen molar-refractivity contribution < 1.29 is 0 Å². The molecule has 2 rings (SSSR count). The second kappa shape index (κ2) is 5.60. The lowest BCUT2D eigenvalue weighted by molar-refractivity contribution is 1.00. The molecule has 1 aromatic heterocycles. The van der Waals surface area contributed by atoms with Gasteiger partial charge in [0.2, 0.25) is 0 Å². The SMILES string of the molecule is Cc1ccc(-c2ncc(NCCN)c(C)n2)cc1. The molecule has 0 aliphatic heterocycles. The number of nitrogens with two attached hydrogens (primary N) is 1. The first-order chi connectivity index (χ1) is 8.70. The van der Waals surface area contributed by atoms with Crippen LogP contribution in [0.15, 0.2) is 30.5 Å². The molecule has 0 fully saturated rings. The van der Waals surface area contributed by atoms with Gasteiger partial charge in [-0.3, -0.25) is 0 Å². The van der Waals surface area contributed by atoms with E-state index < -0.39 is 0 Å². The molecule has 0 saturated heterocycles. The van der Waals surface area contributed by atoms with Gasteiger partial charge in [0.05, 0.1) is 17.6 Å². The van der Waals surface area contributed by atoms with Crippen molar-refractivity contribution in [3.05, 3.63) is 41.7 Å². The van der Waals surface area contributed by atoms with E-state index in [9.17, 15) is 0 Å². The third-order valence-corrected chi connectivity index (χ3v) is 2.75. The number of nitrogens with one attached hydrogen (secondary N) is 1. The van der Waals surface area contributed by atoms with E-state index in [1.54, 1.807) is 0 Å². The minimum Gasteiger partial charge on any atom is -0.381 e. The van der Waals surface area contributed by atoms with Crippen molar-refractivity contribution in [2.75, 3.05) is 18.4 Å². The zero-order valence-corrected chi connectivity index (χ0v) is 10.8. The van der Waals surface area contributed by atoms with E-state index >= 15 is 0 Å². The third-order valence-electron chi connectivity index (χ3n) is 2.75. The molecule has 0 saturated carbocycles. The molecular formula is C14H18N4. The molecule has 94 valence electrons. The molecule has 0 atom stereocenters. The predicted octanol–water partition coefficient (Wildman–Crippen LogP) is 2.13. The molecule has 0 spiro atoms. The number of benzene rings is 1. The summed E-state index contributed by atoms with van der Waals surface area (Å²) in [6, 6.07) is 8.21. The molecule has 4 heteroatoms. The summed E-state index contributed by atoms with van der Waals surface area (Å²) in [4.78, 5) is 8.89. The molecule has 3 N–H and O–H groups in total. The molecule has 0 radical (unpaired) electrons. The Morgan fingerprint density at radius 3 is 2.50 bits per heavy atom. The first-order valence-electron chi connectivity index (χ1n) is 6.05. The summed E-state index contributed by atoms with van der Waals surface area (Å²) in [5.41, 5.74) is 9.61. The van der Waals surface area contributed by atoms with Crippen LogP contribution in [0.3, 0.4) is 0 Å². The van der Waals surface area contributed by atoms with Crippen molar-refractivity contribution >= 4 is 5.69 Å². The number of hydrogen-bond acceptors (Lipinski definition) is 4. The second-order valence-corrected chi connectivity index (χ2v) is 4.27. The van der Waals surface area contributed by atoms with Gasteiger partial charge in [-0.2, -0.15) is 0 Å². The van der Waals surface area contributed by atoms with E-state index in [4.69, 9.17) is 5.73 Å². The van der Waals surface area contributed by atoms with Gasteiger partial charge in [0.1, 0.15) is 0 Å². The lowest BCUT2D eigenvalue weighted by Crippen LogP contribution is -2.14. The molecule has 2 aromatic rings. The van der Waals surface area contributed by atoms with Crippen LogP contribution in [-0.2, 0) is 0 Å². The Kier molecular flexibility index (Phi) is 3.89. The lowest BCUT2D eigenvalue weighted by Gasteiger charge is -2.08. The van der Waals surface area contributed by atoms with Gasteiger partial charge < -0.3 is 11.1 Å². The monoisotopic (exact) mass is 242 g/mol. The maximum atomic E-state index is 5.46. The molecule has 0 unspecified atom stereocenters. The van der Waals surface area contributed by atoms with E-state index in [1.165, 1.54) is 5.56 Å². The molecule has 0 bridgehead atoms. The van der Waals surface area contributed by atoms with Crippen LogP contribution in [0.1, 0.15) is 11.3 Å². The highest BCUT2D eigenvalue weighted by molar-refractivity contribution is 5.58. The first kappa shape index (κ1) is 12.5. The van der Waals surface area contributed by atoms with Crippen LogP contribution in [0.25, 0.3) is 11.4 Å². The minimum atomic E-state index is 0.596. The zero-order valence-electron chi connectivity index (χ0n) is 10.8. The average Bonchev–Trinajstić information content (AvgIpc) is 2.38. The highest BCUT2D eigenvalue weighted by atomic mass is 15.0. The number of hydrogen-bond donors (Lipinski definition) is 2. The molecule has 0 aliphatic rings.